The van der Waals surface area contributed by atoms with Crippen molar-refractivity contribution in [3.8, 4) is 0 Å². The first kappa shape index (κ1) is 22.2. The summed E-state index contributed by atoms with van der Waals surface area (Å²) in [4.78, 5) is 4.64. The highest BCUT2D eigenvalue weighted by molar-refractivity contribution is 14.0. The molecular formula is C16H32IN5O. The van der Waals surface area contributed by atoms with Gasteiger partial charge in [0.1, 0.15) is 0 Å². The maximum Gasteiger partial charge on any atom is 0.191 e. The average Bonchev–Trinajstić information content (AvgIpc) is 2.83. The number of hydrogen-bond acceptors (Lipinski definition) is 3. The lowest BCUT2D eigenvalue weighted by Crippen LogP contribution is -2.40. The fourth-order valence-electron chi connectivity index (χ4n) is 2.14. The van der Waals surface area contributed by atoms with Gasteiger partial charge in [0.15, 0.2) is 5.96 Å². The Labute approximate surface area is 157 Å². The lowest BCUT2D eigenvalue weighted by molar-refractivity contribution is 0.0241. The highest BCUT2D eigenvalue weighted by atomic mass is 127. The molecule has 0 aliphatic heterocycles. The Morgan fingerprint density at radius 1 is 1.39 bits per heavy atom. The molecule has 0 bridgehead atoms. The molecule has 0 radical (unpaired) electrons. The van der Waals surface area contributed by atoms with Gasteiger partial charge in [-0.25, -0.2) is 0 Å². The van der Waals surface area contributed by atoms with Gasteiger partial charge >= 0.3 is 0 Å². The summed E-state index contributed by atoms with van der Waals surface area (Å²) in [5.41, 5.74) is 1.29. The van der Waals surface area contributed by atoms with Gasteiger partial charge < -0.3 is 15.4 Å². The largest absolute Gasteiger partial charge is 0.379 e. The van der Waals surface area contributed by atoms with Gasteiger partial charge in [0.2, 0.25) is 0 Å². The molecule has 1 atom stereocenters. The molecular weight excluding hydrogens is 405 g/mol. The van der Waals surface area contributed by atoms with Crippen LogP contribution in [0.1, 0.15) is 33.3 Å². The number of ether oxygens (including phenoxy) is 1. The fraction of sp³-hybridized carbons (Fsp3) is 0.750. The number of rotatable bonds is 7. The van der Waals surface area contributed by atoms with Crippen LogP contribution in [0.4, 0.5) is 0 Å². The summed E-state index contributed by atoms with van der Waals surface area (Å²) in [6.45, 7) is 10.9. The number of methoxy groups -OCH3 is 1. The first-order valence-corrected chi connectivity index (χ1v) is 7.89. The van der Waals surface area contributed by atoms with Gasteiger partial charge in [-0.3, -0.25) is 9.67 Å². The number of aromatic nitrogens is 2. The summed E-state index contributed by atoms with van der Waals surface area (Å²) < 4.78 is 7.37. The van der Waals surface area contributed by atoms with Crippen molar-refractivity contribution < 1.29 is 4.74 Å². The molecule has 0 aliphatic carbocycles. The van der Waals surface area contributed by atoms with Crippen molar-refractivity contribution in [2.45, 2.75) is 40.2 Å². The third kappa shape index (κ3) is 8.55. The Bertz CT molecular complexity index is 467. The molecule has 0 aliphatic rings. The Morgan fingerprint density at radius 3 is 2.57 bits per heavy atom. The molecule has 1 rings (SSSR count). The molecule has 0 spiro atoms. The van der Waals surface area contributed by atoms with Gasteiger partial charge in [-0.1, -0.05) is 20.8 Å². The van der Waals surface area contributed by atoms with Crippen molar-refractivity contribution in [1.29, 1.82) is 0 Å². The molecule has 1 aromatic rings. The second kappa shape index (κ2) is 10.9. The predicted octanol–water partition coefficient (Wildman–Crippen LogP) is 2.20. The van der Waals surface area contributed by atoms with Crippen molar-refractivity contribution >= 4 is 29.9 Å². The van der Waals surface area contributed by atoms with E-state index in [-0.39, 0.29) is 35.5 Å². The number of aryl methyl sites for hydroxylation is 1. The molecule has 6 nitrogen and oxygen atoms in total. The van der Waals surface area contributed by atoms with Crippen LogP contribution >= 0.6 is 24.0 Å². The van der Waals surface area contributed by atoms with E-state index < -0.39 is 0 Å². The molecule has 23 heavy (non-hydrogen) atoms. The van der Waals surface area contributed by atoms with E-state index in [1.807, 2.05) is 24.1 Å². The summed E-state index contributed by atoms with van der Waals surface area (Å²) in [7, 11) is 3.67. The molecule has 0 aromatic carbocycles. The van der Waals surface area contributed by atoms with E-state index in [2.05, 4.69) is 48.4 Å². The average molecular weight is 437 g/mol. The Morgan fingerprint density at radius 2 is 2.09 bits per heavy atom. The zero-order valence-electron chi connectivity index (χ0n) is 15.2. The predicted molar refractivity (Wildman–Crippen MR) is 107 cm³/mol. The van der Waals surface area contributed by atoms with Crippen LogP contribution in [0.5, 0.6) is 0 Å². The SMILES string of the molecule is CCNC(=NCC(OC)C(C)(C)C)NCCc1cnn(C)c1.I. The molecule has 2 N–H and O–H groups in total. The summed E-state index contributed by atoms with van der Waals surface area (Å²) in [6, 6.07) is 0. The molecule has 1 aromatic heterocycles. The smallest absolute Gasteiger partial charge is 0.191 e. The van der Waals surface area contributed by atoms with Crippen LogP contribution in [-0.4, -0.2) is 48.6 Å². The third-order valence-electron chi connectivity index (χ3n) is 3.47. The van der Waals surface area contributed by atoms with Gasteiger partial charge in [-0.05, 0) is 24.3 Å². The van der Waals surface area contributed by atoms with Gasteiger partial charge in [0.05, 0.1) is 18.8 Å². The van der Waals surface area contributed by atoms with Crippen LogP contribution in [0.15, 0.2) is 17.4 Å². The molecule has 0 fully saturated rings. The van der Waals surface area contributed by atoms with Crippen LogP contribution in [0.3, 0.4) is 0 Å². The summed E-state index contributed by atoms with van der Waals surface area (Å²) in [5.74, 6) is 0.831. The summed E-state index contributed by atoms with van der Waals surface area (Å²) in [6.07, 6.45) is 4.95. The number of hydrogen-bond donors (Lipinski definition) is 2. The van der Waals surface area contributed by atoms with Crippen molar-refractivity contribution in [2.75, 3.05) is 26.7 Å². The van der Waals surface area contributed by atoms with Gasteiger partial charge in [0.25, 0.3) is 0 Å². The number of nitrogens with one attached hydrogen (secondary N) is 2. The number of aliphatic imine (C=N–C) groups is 1. The Hall–Kier alpha value is -0.830. The van der Waals surface area contributed by atoms with Gasteiger partial charge in [0, 0.05) is 33.4 Å². The minimum atomic E-state index is 0. The molecule has 1 unspecified atom stereocenters. The van der Waals surface area contributed by atoms with E-state index in [1.54, 1.807) is 7.11 Å². The van der Waals surface area contributed by atoms with E-state index in [1.165, 1.54) is 5.56 Å². The van der Waals surface area contributed by atoms with Crippen molar-refractivity contribution in [2.24, 2.45) is 17.5 Å². The van der Waals surface area contributed by atoms with Crippen LogP contribution in [0.25, 0.3) is 0 Å². The standard InChI is InChI=1S/C16H31N5O.HI/c1-7-17-15(19-11-14(22-6)16(2,3)4)18-9-8-13-10-20-21(5)12-13;/h10,12,14H,7-9,11H2,1-6H3,(H2,17,18,19);1H. The van der Waals surface area contributed by atoms with E-state index in [0.717, 1.165) is 25.5 Å². The minimum Gasteiger partial charge on any atom is -0.379 e. The maximum absolute atomic E-state index is 5.55. The van der Waals surface area contributed by atoms with Gasteiger partial charge in [-0.2, -0.15) is 5.10 Å². The Balaban J connectivity index is 0.00000484. The Kier molecular flexibility index (Phi) is 10.5. The normalized spacial score (nSPS) is 13.4. The summed E-state index contributed by atoms with van der Waals surface area (Å²) >= 11 is 0. The molecule has 1 heterocycles. The van der Waals surface area contributed by atoms with Crippen LogP contribution in [0.2, 0.25) is 0 Å². The molecule has 0 amide bonds. The maximum atomic E-state index is 5.55. The van der Waals surface area contributed by atoms with Crippen molar-refractivity contribution in [3.63, 3.8) is 0 Å². The quantitative estimate of drug-likeness (QED) is 0.390. The minimum absolute atomic E-state index is 0. The zero-order chi connectivity index (χ0) is 16.6. The molecule has 134 valence electrons. The van der Waals surface area contributed by atoms with Crippen molar-refractivity contribution in [1.82, 2.24) is 20.4 Å². The highest BCUT2D eigenvalue weighted by Crippen LogP contribution is 2.21. The van der Waals surface area contributed by atoms with Crippen LogP contribution in [-0.2, 0) is 18.2 Å². The third-order valence-corrected chi connectivity index (χ3v) is 3.47. The highest BCUT2D eigenvalue weighted by Gasteiger charge is 2.23. The van der Waals surface area contributed by atoms with Crippen LogP contribution < -0.4 is 10.6 Å². The first-order chi connectivity index (χ1) is 10.4. The second-order valence-corrected chi connectivity index (χ2v) is 6.51. The number of halogens is 1. The van der Waals surface area contributed by atoms with E-state index in [4.69, 9.17) is 4.74 Å². The zero-order valence-corrected chi connectivity index (χ0v) is 17.5. The molecule has 7 heteroatoms. The second-order valence-electron chi connectivity index (χ2n) is 6.51. The topological polar surface area (TPSA) is 63.5 Å². The van der Waals surface area contributed by atoms with Crippen molar-refractivity contribution in [3.05, 3.63) is 18.0 Å². The van der Waals surface area contributed by atoms with E-state index in [0.29, 0.717) is 6.54 Å². The van der Waals surface area contributed by atoms with Crippen LogP contribution in [0, 0.1) is 5.41 Å². The number of nitrogens with zero attached hydrogens (tertiary/aromatic N) is 3. The molecule has 0 saturated heterocycles. The lowest BCUT2D eigenvalue weighted by Gasteiger charge is -2.28. The summed E-state index contributed by atoms with van der Waals surface area (Å²) in [5, 5.41) is 10.8. The number of guanidine groups is 1. The van der Waals surface area contributed by atoms with Gasteiger partial charge in [-0.15, -0.1) is 24.0 Å². The van der Waals surface area contributed by atoms with E-state index in [9.17, 15) is 0 Å². The first-order valence-electron chi connectivity index (χ1n) is 7.89. The van der Waals surface area contributed by atoms with E-state index >= 15 is 0 Å². The lowest BCUT2D eigenvalue weighted by atomic mass is 9.89. The fourth-order valence-corrected chi connectivity index (χ4v) is 2.14. The monoisotopic (exact) mass is 437 g/mol. The molecule has 0 saturated carbocycles.